The minimum atomic E-state index is 0.405. The van der Waals surface area contributed by atoms with Crippen LogP contribution < -0.4 is 9.47 Å². The Kier molecular flexibility index (Phi) is 3.72. The van der Waals surface area contributed by atoms with Crippen LogP contribution in [0.1, 0.15) is 26.2 Å². The zero-order valence-corrected chi connectivity index (χ0v) is 11.0. The highest BCUT2D eigenvalue weighted by Gasteiger charge is 2.20. The Labute approximate surface area is 104 Å². The highest BCUT2D eigenvalue weighted by atomic mass is 127. The molecule has 0 spiro atoms. The smallest absolute Gasteiger partial charge is 0.162 e. The summed E-state index contributed by atoms with van der Waals surface area (Å²) in [5.41, 5.74) is 0. The van der Waals surface area contributed by atoms with Crippen LogP contribution >= 0.6 is 22.6 Å². The largest absolute Gasteiger partial charge is 0.490 e. The summed E-state index contributed by atoms with van der Waals surface area (Å²) in [4.78, 5) is 0. The third kappa shape index (κ3) is 2.77. The predicted octanol–water partition coefficient (Wildman–Crippen LogP) is 3.62. The minimum absolute atomic E-state index is 0.405. The van der Waals surface area contributed by atoms with Gasteiger partial charge >= 0.3 is 0 Å². The Morgan fingerprint density at radius 2 is 2.13 bits per heavy atom. The molecule has 1 saturated carbocycles. The molecular weight excluding hydrogens is 303 g/mol. The molecule has 0 aromatic heterocycles. The predicted molar refractivity (Wildman–Crippen MR) is 68.6 cm³/mol. The monoisotopic (exact) mass is 318 g/mol. The SMILES string of the molecule is CCOc1ccc(I)cc1OC1CCC1. The molecule has 0 amide bonds. The van der Waals surface area contributed by atoms with Crippen molar-refractivity contribution < 1.29 is 9.47 Å². The number of rotatable bonds is 4. The molecule has 15 heavy (non-hydrogen) atoms. The van der Waals surface area contributed by atoms with Gasteiger partial charge in [-0.15, -0.1) is 0 Å². The van der Waals surface area contributed by atoms with Gasteiger partial charge < -0.3 is 9.47 Å². The molecule has 2 rings (SSSR count). The summed E-state index contributed by atoms with van der Waals surface area (Å²) in [5, 5.41) is 0. The standard InChI is InChI=1S/C12H15IO2/c1-2-14-11-7-6-9(13)8-12(11)15-10-4-3-5-10/h6-8,10H,2-5H2,1H3. The van der Waals surface area contributed by atoms with Crippen LogP contribution in [0.5, 0.6) is 11.5 Å². The quantitative estimate of drug-likeness (QED) is 0.790. The van der Waals surface area contributed by atoms with E-state index < -0.39 is 0 Å². The number of ether oxygens (including phenoxy) is 2. The van der Waals surface area contributed by atoms with Crippen LogP contribution in [0.25, 0.3) is 0 Å². The van der Waals surface area contributed by atoms with E-state index >= 15 is 0 Å². The maximum atomic E-state index is 5.89. The van der Waals surface area contributed by atoms with Crippen LogP contribution in [0.2, 0.25) is 0 Å². The topological polar surface area (TPSA) is 18.5 Å². The molecular formula is C12H15IO2. The van der Waals surface area contributed by atoms with E-state index in [-0.39, 0.29) is 0 Å². The van der Waals surface area contributed by atoms with Gasteiger partial charge in [0, 0.05) is 3.57 Å². The van der Waals surface area contributed by atoms with Gasteiger partial charge in [0.15, 0.2) is 11.5 Å². The van der Waals surface area contributed by atoms with Crippen molar-refractivity contribution >= 4 is 22.6 Å². The fraction of sp³-hybridized carbons (Fsp3) is 0.500. The number of halogens is 1. The summed E-state index contributed by atoms with van der Waals surface area (Å²) in [6.07, 6.45) is 4.05. The highest BCUT2D eigenvalue weighted by Crippen LogP contribution is 2.33. The van der Waals surface area contributed by atoms with Crippen molar-refractivity contribution in [3.05, 3.63) is 21.8 Å². The molecule has 3 heteroatoms. The van der Waals surface area contributed by atoms with Crippen LogP contribution in [0, 0.1) is 3.57 Å². The lowest BCUT2D eigenvalue weighted by Gasteiger charge is -2.27. The van der Waals surface area contributed by atoms with Crippen molar-refractivity contribution in [1.82, 2.24) is 0 Å². The average Bonchev–Trinajstić information content (AvgIpc) is 2.16. The second kappa shape index (κ2) is 5.05. The number of hydrogen-bond donors (Lipinski definition) is 0. The van der Waals surface area contributed by atoms with Crippen LogP contribution in [0.3, 0.4) is 0 Å². The molecule has 1 aliphatic carbocycles. The second-order valence-corrected chi connectivity index (χ2v) is 4.94. The summed E-state index contributed by atoms with van der Waals surface area (Å²) in [6.45, 7) is 2.67. The fourth-order valence-electron chi connectivity index (χ4n) is 1.52. The molecule has 0 heterocycles. The van der Waals surface area contributed by atoms with Crippen LogP contribution in [0.15, 0.2) is 18.2 Å². The lowest BCUT2D eigenvalue weighted by Crippen LogP contribution is -2.24. The van der Waals surface area contributed by atoms with E-state index in [0.29, 0.717) is 12.7 Å². The number of benzene rings is 1. The summed E-state index contributed by atoms with van der Waals surface area (Å²) in [6, 6.07) is 6.07. The lowest BCUT2D eigenvalue weighted by atomic mass is 9.96. The first-order valence-corrected chi connectivity index (χ1v) is 6.46. The maximum Gasteiger partial charge on any atom is 0.162 e. The Balaban J connectivity index is 2.13. The van der Waals surface area contributed by atoms with E-state index in [9.17, 15) is 0 Å². The summed E-state index contributed by atoms with van der Waals surface area (Å²) in [7, 11) is 0. The third-order valence-corrected chi connectivity index (χ3v) is 3.22. The Bertz CT molecular complexity index is 334. The molecule has 0 saturated heterocycles. The van der Waals surface area contributed by atoms with Gasteiger partial charge in [-0.1, -0.05) is 0 Å². The fourth-order valence-corrected chi connectivity index (χ4v) is 1.98. The summed E-state index contributed by atoms with van der Waals surface area (Å²) < 4.78 is 12.6. The van der Waals surface area contributed by atoms with Crippen molar-refractivity contribution in [2.24, 2.45) is 0 Å². The van der Waals surface area contributed by atoms with Crippen molar-refractivity contribution in [2.75, 3.05) is 6.61 Å². The molecule has 1 aliphatic rings. The van der Waals surface area contributed by atoms with E-state index in [2.05, 4.69) is 22.6 Å². The van der Waals surface area contributed by atoms with E-state index in [1.807, 2.05) is 25.1 Å². The minimum Gasteiger partial charge on any atom is -0.490 e. The number of hydrogen-bond acceptors (Lipinski definition) is 2. The maximum absolute atomic E-state index is 5.89. The molecule has 82 valence electrons. The first-order chi connectivity index (χ1) is 7.29. The van der Waals surface area contributed by atoms with E-state index in [0.717, 1.165) is 11.5 Å². The van der Waals surface area contributed by atoms with E-state index in [1.165, 1.54) is 22.8 Å². The highest BCUT2D eigenvalue weighted by molar-refractivity contribution is 14.1. The molecule has 1 aromatic carbocycles. The molecule has 0 N–H and O–H groups in total. The van der Waals surface area contributed by atoms with Crippen molar-refractivity contribution in [3.63, 3.8) is 0 Å². The van der Waals surface area contributed by atoms with Gasteiger partial charge in [0.1, 0.15) is 0 Å². The van der Waals surface area contributed by atoms with Crippen LogP contribution in [-0.4, -0.2) is 12.7 Å². The van der Waals surface area contributed by atoms with Gasteiger partial charge in [-0.3, -0.25) is 0 Å². The van der Waals surface area contributed by atoms with Gasteiger partial charge in [0.2, 0.25) is 0 Å². The van der Waals surface area contributed by atoms with Crippen LogP contribution in [0.4, 0.5) is 0 Å². The van der Waals surface area contributed by atoms with Crippen molar-refractivity contribution in [3.8, 4) is 11.5 Å². The lowest BCUT2D eigenvalue weighted by molar-refractivity contribution is 0.115. The van der Waals surface area contributed by atoms with Gasteiger partial charge in [0.05, 0.1) is 12.7 Å². The molecule has 0 atom stereocenters. The first-order valence-electron chi connectivity index (χ1n) is 5.38. The van der Waals surface area contributed by atoms with Gasteiger partial charge in [0.25, 0.3) is 0 Å². The van der Waals surface area contributed by atoms with Gasteiger partial charge in [-0.25, -0.2) is 0 Å². The van der Waals surface area contributed by atoms with E-state index in [1.54, 1.807) is 0 Å². The molecule has 0 radical (unpaired) electrons. The molecule has 1 fully saturated rings. The Morgan fingerprint density at radius 3 is 2.73 bits per heavy atom. The second-order valence-electron chi connectivity index (χ2n) is 3.69. The molecule has 1 aromatic rings. The zero-order valence-electron chi connectivity index (χ0n) is 8.83. The van der Waals surface area contributed by atoms with Gasteiger partial charge in [-0.2, -0.15) is 0 Å². The zero-order chi connectivity index (χ0) is 10.7. The Hall–Kier alpha value is -0.450. The van der Waals surface area contributed by atoms with Crippen molar-refractivity contribution in [1.29, 1.82) is 0 Å². The van der Waals surface area contributed by atoms with E-state index in [4.69, 9.17) is 9.47 Å². The normalized spacial score (nSPS) is 15.9. The summed E-state index contributed by atoms with van der Waals surface area (Å²) in [5.74, 6) is 1.76. The third-order valence-electron chi connectivity index (χ3n) is 2.55. The molecule has 0 unspecified atom stereocenters. The Morgan fingerprint density at radius 1 is 1.33 bits per heavy atom. The first kappa shape index (κ1) is 11.0. The van der Waals surface area contributed by atoms with Crippen molar-refractivity contribution in [2.45, 2.75) is 32.3 Å². The molecule has 2 nitrogen and oxygen atoms in total. The summed E-state index contributed by atoms with van der Waals surface area (Å²) >= 11 is 2.29. The average molecular weight is 318 g/mol. The molecule has 0 bridgehead atoms. The molecule has 0 aliphatic heterocycles. The van der Waals surface area contributed by atoms with Crippen LogP contribution in [-0.2, 0) is 0 Å². The van der Waals surface area contributed by atoms with Gasteiger partial charge in [-0.05, 0) is 67.0 Å².